The summed E-state index contributed by atoms with van der Waals surface area (Å²) >= 11 is 3.61. The predicted octanol–water partition coefficient (Wildman–Crippen LogP) is 4.85. The van der Waals surface area contributed by atoms with Crippen molar-refractivity contribution < 1.29 is 4.42 Å². The lowest BCUT2D eigenvalue weighted by Crippen LogP contribution is -1.90. The Morgan fingerprint density at radius 2 is 2.00 bits per heavy atom. The zero-order chi connectivity index (χ0) is 10.3. The van der Waals surface area contributed by atoms with Gasteiger partial charge < -0.3 is 4.42 Å². The molecule has 0 aliphatic heterocycles. The average molecular weight is 265 g/mol. The Hall–Kier alpha value is -0.760. The quantitative estimate of drug-likeness (QED) is 0.718. The molecule has 0 atom stereocenters. The molecule has 1 aliphatic rings. The molecule has 1 fully saturated rings. The van der Waals surface area contributed by atoms with Gasteiger partial charge in [0.15, 0.2) is 0 Å². The van der Waals surface area contributed by atoms with E-state index in [1.54, 1.807) is 0 Å². The fraction of sp³-hybridized carbons (Fsp3) is 0.385. The smallest absolute Gasteiger partial charge is 0.135 e. The summed E-state index contributed by atoms with van der Waals surface area (Å²) in [6.07, 6.45) is 7.31. The zero-order valence-electron chi connectivity index (χ0n) is 8.50. The van der Waals surface area contributed by atoms with Crippen LogP contribution in [0, 0.1) is 0 Å². The number of hydrogen-bond acceptors (Lipinski definition) is 1. The average Bonchev–Trinajstić information content (AvgIpc) is 2.85. The van der Waals surface area contributed by atoms with E-state index in [4.69, 9.17) is 4.42 Å². The Kier molecular flexibility index (Phi) is 2.32. The van der Waals surface area contributed by atoms with Crippen LogP contribution in [0.2, 0.25) is 0 Å². The van der Waals surface area contributed by atoms with Crippen LogP contribution in [0.1, 0.15) is 37.2 Å². The topological polar surface area (TPSA) is 13.1 Å². The molecule has 0 saturated heterocycles. The van der Waals surface area contributed by atoms with Crippen molar-refractivity contribution in [1.29, 1.82) is 0 Å². The van der Waals surface area contributed by atoms with Crippen molar-refractivity contribution in [3.05, 3.63) is 34.5 Å². The van der Waals surface area contributed by atoms with Crippen LogP contribution < -0.4 is 0 Å². The fourth-order valence-corrected chi connectivity index (χ4v) is 3.18. The molecule has 1 nitrogen and oxygen atoms in total. The van der Waals surface area contributed by atoms with Crippen LogP contribution in [0.4, 0.5) is 0 Å². The third-order valence-electron chi connectivity index (χ3n) is 3.37. The standard InChI is InChI=1S/C13H13BrO/c14-11-6-3-7-12-13(11)10(8-15-12)9-4-1-2-5-9/h3,6-9H,1-2,4-5H2. The molecule has 1 aromatic heterocycles. The molecular formula is C13H13BrO. The van der Waals surface area contributed by atoms with Crippen molar-refractivity contribution >= 4 is 26.9 Å². The van der Waals surface area contributed by atoms with E-state index in [1.807, 2.05) is 18.4 Å². The lowest BCUT2D eigenvalue weighted by atomic mass is 9.97. The molecule has 1 aliphatic carbocycles. The molecule has 1 heterocycles. The maximum absolute atomic E-state index is 5.61. The minimum atomic E-state index is 0.713. The van der Waals surface area contributed by atoms with E-state index in [2.05, 4.69) is 22.0 Å². The van der Waals surface area contributed by atoms with Gasteiger partial charge in [0.25, 0.3) is 0 Å². The highest BCUT2D eigenvalue weighted by molar-refractivity contribution is 9.10. The number of hydrogen-bond donors (Lipinski definition) is 0. The summed E-state index contributed by atoms with van der Waals surface area (Å²) in [7, 11) is 0. The summed E-state index contributed by atoms with van der Waals surface area (Å²) in [6, 6.07) is 6.16. The highest BCUT2D eigenvalue weighted by atomic mass is 79.9. The number of rotatable bonds is 1. The first kappa shape index (κ1) is 9.46. The van der Waals surface area contributed by atoms with E-state index in [9.17, 15) is 0 Å². The van der Waals surface area contributed by atoms with Gasteiger partial charge in [-0.2, -0.15) is 0 Å². The van der Waals surface area contributed by atoms with Gasteiger partial charge in [-0.3, -0.25) is 0 Å². The first-order valence-corrected chi connectivity index (χ1v) is 6.31. The molecule has 78 valence electrons. The van der Waals surface area contributed by atoms with Crippen LogP contribution in [0.3, 0.4) is 0 Å². The van der Waals surface area contributed by atoms with Crippen LogP contribution in [-0.4, -0.2) is 0 Å². The first-order valence-electron chi connectivity index (χ1n) is 5.52. The Morgan fingerprint density at radius 3 is 2.80 bits per heavy atom. The summed E-state index contributed by atoms with van der Waals surface area (Å²) in [5, 5.41) is 1.28. The Morgan fingerprint density at radius 1 is 1.20 bits per heavy atom. The third kappa shape index (κ3) is 1.51. The molecule has 3 rings (SSSR count). The second-order valence-corrected chi connectivity index (χ2v) is 5.14. The van der Waals surface area contributed by atoms with Gasteiger partial charge in [-0.15, -0.1) is 0 Å². The van der Waals surface area contributed by atoms with E-state index in [-0.39, 0.29) is 0 Å². The fourth-order valence-electron chi connectivity index (χ4n) is 2.61. The van der Waals surface area contributed by atoms with Crippen LogP contribution in [0.15, 0.2) is 33.4 Å². The summed E-state index contributed by atoms with van der Waals surface area (Å²) < 4.78 is 6.77. The normalized spacial score (nSPS) is 17.7. The van der Waals surface area contributed by atoms with E-state index in [0.29, 0.717) is 5.92 Å². The molecule has 0 amide bonds. The molecule has 2 aromatic rings. The van der Waals surface area contributed by atoms with Crippen LogP contribution in [0.25, 0.3) is 11.0 Å². The van der Waals surface area contributed by atoms with Crippen molar-refractivity contribution in [3.63, 3.8) is 0 Å². The molecule has 0 spiro atoms. The maximum Gasteiger partial charge on any atom is 0.135 e. The molecule has 0 N–H and O–H groups in total. The van der Waals surface area contributed by atoms with E-state index in [0.717, 1.165) is 10.1 Å². The summed E-state index contributed by atoms with van der Waals surface area (Å²) in [4.78, 5) is 0. The lowest BCUT2D eigenvalue weighted by Gasteiger charge is -2.06. The Bertz CT molecular complexity index is 480. The first-order chi connectivity index (χ1) is 7.36. The largest absolute Gasteiger partial charge is 0.464 e. The highest BCUT2D eigenvalue weighted by Crippen LogP contribution is 2.40. The number of fused-ring (bicyclic) bond motifs is 1. The van der Waals surface area contributed by atoms with Gasteiger partial charge in [-0.1, -0.05) is 34.8 Å². The molecule has 2 heteroatoms. The maximum atomic E-state index is 5.61. The molecule has 0 bridgehead atoms. The SMILES string of the molecule is Brc1cccc2occ(C3CCCC3)c12. The van der Waals surface area contributed by atoms with E-state index in [1.165, 1.54) is 36.6 Å². The van der Waals surface area contributed by atoms with Crippen molar-refractivity contribution in [3.8, 4) is 0 Å². The van der Waals surface area contributed by atoms with Crippen molar-refractivity contribution in [2.75, 3.05) is 0 Å². The van der Waals surface area contributed by atoms with E-state index >= 15 is 0 Å². The molecule has 0 radical (unpaired) electrons. The van der Waals surface area contributed by atoms with Gasteiger partial charge >= 0.3 is 0 Å². The minimum absolute atomic E-state index is 0.713. The Balaban J connectivity index is 2.18. The van der Waals surface area contributed by atoms with Gasteiger partial charge in [0.1, 0.15) is 5.58 Å². The Labute approximate surface area is 97.6 Å². The minimum Gasteiger partial charge on any atom is -0.464 e. The zero-order valence-corrected chi connectivity index (χ0v) is 10.1. The molecular weight excluding hydrogens is 252 g/mol. The van der Waals surface area contributed by atoms with Crippen molar-refractivity contribution in [1.82, 2.24) is 0 Å². The summed E-state index contributed by atoms with van der Waals surface area (Å²) in [5.41, 5.74) is 2.40. The van der Waals surface area contributed by atoms with Crippen LogP contribution >= 0.6 is 15.9 Å². The summed E-state index contributed by atoms with van der Waals surface area (Å²) in [6.45, 7) is 0. The molecule has 1 aromatic carbocycles. The third-order valence-corrected chi connectivity index (χ3v) is 4.03. The highest BCUT2D eigenvalue weighted by Gasteiger charge is 2.21. The van der Waals surface area contributed by atoms with Crippen molar-refractivity contribution in [2.45, 2.75) is 31.6 Å². The van der Waals surface area contributed by atoms with Gasteiger partial charge in [0.05, 0.1) is 6.26 Å². The second-order valence-electron chi connectivity index (χ2n) is 4.29. The van der Waals surface area contributed by atoms with Crippen molar-refractivity contribution in [2.24, 2.45) is 0 Å². The number of halogens is 1. The van der Waals surface area contributed by atoms with Gasteiger partial charge in [0.2, 0.25) is 0 Å². The monoisotopic (exact) mass is 264 g/mol. The van der Waals surface area contributed by atoms with Crippen LogP contribution in [-0.2, 0) is 0 Å². The van der Waals surface area contributed by atoms with Crippen LogP contribution in [0.5, 0.6) is 0 Å². The lowest BCUT2D eigenvalue weighted by molar-refractivity contribution is 0.599. The second kappa shape index (κ2) is 3.67. The van der Waals surface area contributed by atoms with E-state index < -0.39 is 0 Å². The molecule has 15 heavy (non-hydrogen) atoms. The summed E-state index contributed by atoms with van der Waals surface area (Å²) in [5.74, 6) is 0.713. The number of benzene rings is 1. The van der Waals surface area contributed by atoms with Gasteiger partial charge in [-0.25, -0.2) is 0 Å². The number of furan rings is 1. The predicted molar refractivity (Wildman–Crippen MR) is 65.1 cm³/mol. The van der Waals surface area contributed by atoms with Gasteiger partial charge in [-0.05, 0) is 30.9 Å². The molecule has 1 saturated carbocycles. The van der Waals surface area contributed by atoms with Gasteiger partial charge in [0, 0.05) is 15.4 Å². The molecule has 0 unspecified atom stereocenters.